The number of H-pyrrole nitrogens is 1. The summed E-state index contributed by atoms with van der Waals surface area (Å²) in [7, 11) is 0. The molecule has 0 radical (unpaired) electrons. The van der Waals surface area contributed by atoms with Crippen LogP contribution in [-0.4, -0.2) is 34.4 Å². The molecule has 4 rings (SSSR count). The van der Waals surface area contributed by atoms with E-state index in [1.165, 1.54) is 18.6 Å². The number of rotatable bonds is 3. The molecule has 142 valence electrons. The Kier molecular flexibility index (Phi) is 4.41. The molecule has 1 aliphatic rings. The number of halogens is 3. The van der Waals surface area contributed by atoms with Crippen LogP contribution >= 0.6 is 0 Å². The summed E-state index contributed by atoms with van der Waals surface area (Å²) in [5.41, 5.74) is 3.19. The van der Waals surface area contributed by atoms with Gasteiger partial charge in [-0.1, -0.05) is 0 Å². The molecule has 1 aromatic carbocycles. The number of nitrogens with zero attached hydrogens (tertiary/aromatic N) is 3. The molecule has 0 amide bonds. The molecule has 0 saturated carbocycles. The van der Waals surface area contributed by atoms with Gasteiger partial charge in [0.1, 0.15) is 17.1 Å². The molecule has 2 aromatic heterocycles. The van der Waals surface area contributed by atoms with Crippen LogP contribution in [0.15, 0.2) is 30.3 Å². The number of nitrogens with one attached hydrogen (secondary N) is 1. The van der Waals surface area contributed by atoms with Gasteiger partial charge in [0.05, 0.1) is 5.52 Å². The molecule has 27 heavy (non-hydrogen) atoms. The highest BCUT2D eigenvalue weighted by molar-refractivity contribution is 5.91. The molecule has 5 nitrogen and oxygen atoms in total. The Morgan fingerprint density at radius 1 is 1.04 bits per heavy atom. The Balaban J connectivity index is 1.69. The highest BCUT2D eigenvalue weighted by Gasteiger charge is 2.31. The minimum atomic E-state index is -4.70. The maximum atomic E-state index is 12.3. The van der Waals surface area contributed by atoms with E-state index in [0.717, 1.165) is 54.0 Å². The number of hydrogen-bond acceptors (Lipinski definition) is 4. The second-order valence-electron chi connectivity index (χ2n) is 6.66. The molecule has 1 N–H and O–H groups in total. The van der Waals surface area contributed by atoms with E-state index in [9.17, 15) is 13.2 Å². The fourth-order valence-corrected chi connectivity index (χ4v) is 3.44. The van der Waals surface area contributed by atoms with Gasteiger partial charge in [0, 0.05) is 18.8 Å². The molecule has 0 atom stereocenters. The molecular formula is C19H19F3N4O. The summed E-state index contributed by atoms with van der Waals surface area (Å²) in [6.45, 7) is 3.79. The smallest absolute Gasteiger partial charge is 0.406 e. The zero-order valence-corrected chi connectivity index (χ0v) is 14.8. The summed E-state index contributed by atoms with van der Waals surface area (Å²) in [6, 6.07) is 7.68. The Morgan fingerprint density at radius 2 is 1.74 bits per heavy atom. The predicted octanol–water partition coefficient (Wildman–Crippen LogP) is 4.82. The largest absolute Gasteiger partial charge is 0.573 e. The van der Waals surface area contributed by atoms with Crippen molar-refractivity contribution in [2.45, 2.75) is 32.5 Å². The Morgan fingerprint density at radius 3 is 2.41 bits per heavy atom. The van der Waals surface area contributed by atoms with Crippen molar-refractivity contribution in [3.05, 3.63) is 36.2 Å². The van der Waals surface area contributed by atoms with Gasteiger partial charge in [-0.15, -0.1) is 13.2 Å². The number of fused-ring (bicyclic) bond motifs is 1. The zero-order chi connectivity index (χ0) is 19.0. The van der Waals surface area contributed by atoms with Crippen molar-refractivity contribution < 1.29 is 17.9 Å². The van der Waals surface area contributed by atoms with E-state index in [2.05, 4.69) is 24.6 Å². The second-order valence-corrected chi connectivity index (χ2v) is 6.66. The molecule has 0 bridgehead atoms. The van der Waals surface area contributed by atoms with E-state index in [-0.39, 0.29) is 5.75 Å². The van der Waals surface area contributed by atoms with Gasteiger partial charge in [-0.05, 0) is 62.1 Å². The molecule has 0 spiro atoms. The first kappa shape index (κ1) is 17.6. The normalized spacial score (nSPS) is 15.3. The topological polar surface area (TPSA) is 54.0 Å². The lowest BCUT2D eigenvalue weighted by Crippen LogP contribution is -2.30. The highest BCUT2D eigenvalue weighted by atomic mass is 19.4. The van der Waals surface area contributed by atoms with Crippen molar-refractivity contribution in [1.82, 2.24) is 15.0 Å². The third-order valence-electron chi connectivity index (χ3n) is 4.62. The fraction of sp³-hybridized carbons (Fsp3) is 0.368. The van der Waals surface area contributed by atoms with E-state index < -0.39 is 6.36 Å². The lowest BCUT2D eigenvalue weighted by Gasteiger charge is -2.28. The molecule has 0 unspecified atom stereocenters. The second kappa shape index (κ2) is 6.75. The SMILES string of the molecule is Cc1nc(N2CCCCC2)c2[nH]c(-c3ccc(OC(F)(F)F)cc3)cc2n1. The number of piperidine rings is 1. The lowest BCUT2D eigenvalue weighted by molar-refractivity contribution is -0.274. The van der Waals surface area contributed by atoms with Gasteiger partial charge >= 0.3 is 6.36 Å². The summed E-state index contributed by atoms with van der Waals surface area (Å²) in [5.74, 6) is 1.34. The molecule has 3 aromatic rings. The monoisotopic (exact) mass is 376 g/mol. The average molecular weight is 376 g/mol. The molecule has 1 aliphatic heterocycles. The van der Waals surface area contributed by atoms with Gasteiger partial charge in [0.2, 0.25) is 0 Å². The van der Waals surface area contributed by atoms with Crippen LogP contribution in [0.4, 0.5) is 19.0 Å². The van der Waals surface area contributed by atoms with E-state index in [4.69, 9.17) is 0 Å². The summed E-state index contributed by atoms with van der Waals surface area (Å²) in [5, 5.41) is 0. The summed E-state index contributed by atoms with van der Waals surface area (Å²) in [6.07, 6.45) is -1.19. The summed E-state index contributed by atoms with van der Waals surface area (Å²) in [4.78, 5) is 14.7. The number of alkyl halides is 3. The third-order valence-corrected chi connectivity index (χ3v) is 4.62. The van der Waals surface area contributed by atoms with E-state index in [0.29, 0.717) is 5.82 Å². The molecule has 8 heteroatoms. The number of hydrogen-bond donors (Lipinski definition) is 1. The number of aromatic nitrogens is 3. The van der Waals surface area contributed by atoms with Crippen molar-refractivity contribution in [3.8, 4) is 17.0 Å². The van der Waals surface area contributed by atoms with Gasteiger partial charge in [-0.2, -0.15) is 0 Å². The average Bonchev–Trinajstić information content (AvgIpc) is 3.05. The van der Waals surface area contributed by atoms with Gasteiger partial charge in [-0.3, -0.25) is 0 Å². The number of anilines is 1. The Labute approximate surface area is 154 Å². The fourth-order valence-electron chi connectivity index (χ4n) is 3.44. The number of aromatic amines is 1. The van der Waals surface area contributed by atoms with E-state index in [1.807, 2.05) is 13.0 Å². The first-order valence-corrected chi connectivity index (χ1v) is 8.87. The molecule has 1 saturated heterocycles. The first-order chi connectivity index (χ1) is 12.9. The Hall–Kier alpha value is -2.77. The summed E-state index contributed by atoms with van der Waals surface area (Å²) < 4.78 is 40.9. The summed E-state index contributed by atoms with van der Waals surface area (Å²) >= 11 is 0. The zero-order valence-electron chi connectivity index (χ0n) is 14.8. The van der Waals surface area contributed by atoms with E-state index in [1.54, 1.807) is 12.1 Å². The van der Waals surface area contributed by atoms with E-state index >= 15 is 0 Å². The molecule has 3 heterocycles. The van der Waals surface area contributed by atoms with Crippen LogP contribution in [0.3, 0.4) is 0 Å². The van der Waals surface area contributed by atoms with Crippen molar-refractivity contribution in [3.63, 3.8) is 0 Å². The quantitative estimate of drug-likeness (QED) is 0.712. The minimum absolute atomic E-state index is 0.244. The van der Waals surface area contributed by atoms with Gasteiger partial charge < -0.3 is 14.6 Å². The molecular weight excluding hydrogens is 357 g/mol. The highest BCUT2D eigenvalue weighted by Crippen LogP contribution is 2.31. The van der Waals surface area contributed by atoms with Gasteiger partial charge in [-0.25, -0.2) is 9.97 Å². The van der Waals surface area contributed by atoms with Crippen LogP contribution in [0.1, 0.15) is 25.1 Å². The maximum Gasteiger partial charge on any atom is 0.573 e. The number of benzene rings is 1. The van der Waals surface area contributed by atoms with Crippen molar-refractivity contribution >= 4 is 16.9 Å². The van der Waals surface area contributed by atoms with Crippen LogP contribution in [0.5, 0.6) is 5.75 Å². The van der Waals surface area contributed by atoms with Gasteiger partial charge in [0.25, 0.3) is 0 Å². The third kappa shape index (κ3) is 3.84. The van der Waals surface area contributed by atoms with Crippen LogP contribution in [0, 0.1) is 6.92 Å². The lowest BCUT2D eigenvalue weighted by atomic mass is 10.1. The van der Waals surface area contributed by atoms with Crippen LogP contribution in [-0.2, 0) is 0 Å². The van der Waals surface area contributed by atoms with Crippen LogP contribution < -0.4 is 9.64 Å². The maximum absolute atomic E-state index is 12.3. The van der Waals surface area contributed by atoms with Crippen molar-refractivity contribution in [2.24, 2.45) is 0 Å². The molecule has 0 aliphatic carbocycles. The minimum Gasteiger partial charge on any atom is -0.406 e. The van der Waals surface area contributed by atoms with Crippen molar-refractivity contribution in [2.75, 3.05) is 18.0 Å². The Bertz CT molecular complexity index is 944. The van der Waals surface area contributed by atoms with Gasteiger partial charge in [0.15, 0.2) is 5.82 Å². The van der Waals surface area contributed by atoms with Crippen LogP contribution in [0.2, 0.25) is 0 Å². The number of aryl methyl sites for hydroxylation is 1. The predicted molar refractivity (Wildman–Crippen MR) is 96.8 cm³/mol. The molecule has 1 fully saturated rings. The number of ether oxygens (including phenoxy) is 1. The van der Waals surface area contributed by atoms with Crippen LogP contribution in [0.25, 0.3) is 22.3 Å². The standard InChI is InChI=1S/C19H19F3N4O/c1-12-23-16-11-15(13-5-7-14(8-6-13)27-19(20,21)22)25-17(16)18(24-12)26-9-3-2-4-10-26/h5-8,11,25H,2-4,9-10H2,1H3. The van der Waals surface area contributed by atoms with Crippen molar-refractivity contribution in [1.29, 1.82) is 0 Å². The first-order valence-electron chi connectivity index (χ1n) is 8.87.